The molecule has 0 saturated carbocycles. The topological polar surface area (TPSA) is 113 Å². The number of urea groups is 1. The molecule has 0 unspecified atom stereocenters. The van der Waals surface area contributed by atoms with Crippen molar-refractivity contribution in [1.82, 2.24) is 20.6 Å². The molecule has 18 heavy (non-hydrogen) atoms. The molecule has 2 amide bonds. The molecule has 1 aromatic heterocycles. The van der Waals surface area contributed by atoms with Crippen LogP contribution in [0.5, 0.6) is 0 Å². The van der Waals surface area contributed by atoms with Gasteiger partial charge in [-0.1, -0.05) is 11.2 Å². The first-order valence-corrected chi connectivity index (χ1v) is 5.22. The molecule has 1 aromatic carbocycles. The minimum Gasteiger partial charge on any atom is -0.351 e. The number of nitrogens with one attached hydrogen (secondary N) is 2. The van der Waals surface area contributed by atoms with E-state index in [2.05, 4.69) is 25.9 Å². The van der Waals surface area contributed by atoms with Gasteiger partial charge in [0, 0.05) is 18.4 Å². The van der Waals surface area contributed by atoms with Crippen LogP contribution in [0, 0.1) is 6.92 Å². The monoisotopic (exact) mass is 247 g/mol. The number of tetrazole rings is 1. The highest BCUT2D eigenvalue weighted by Gasteiger charge is 2.11. The molecule has 0 fully saturated rings. The summed E-state index contributed by atoms with van der Waals surface area (Å²) in [7, 11) is 1.82. The Hall–Kier alpha value is -2.64. The molecular weight excluding hydrogens is 234 g/mol. The molecule has 4 N–H and O–H groups in total. The largest absolute Gasteiger partial charge is 0.351 e. The number of aryl methyl sites for hydroxylation is 1. The Balaban J connectivity index is 2.34. The van der Waals surface area contributed by atoms with Crippen LogP contribution in [0.4, 0.5) is 22.1 Å². The van der Waals surface area contributed by atoms with Gasteiger partial charge in [-0.2, -0.15) is 0 Å². The third-order valence-electron chi connectivity index (χ3n) is 2.49. The van der Waals surface area contributed by atoms with Gasteiger partial charge in [0.15, 0.2) is 0 Å². The maximum Gasteiger partial charge on any atom is 0.316 e. The number of nitrogens with two attached hydrogens (primary N) is 1. The van der Waals surface area contributed by atoms with E-state index in [1.807, 2.05) is 20.0 Å². The van der Waals surface area contributed by atoms with E-state index in [4.69, 9.17) is 5.73 Å². The van der Waals surface area contributed by atoms with Crippen LogP contribution in [-0.4, -0.2) is 33.7 Å². The minimum atomic E-state index is -0.603. The SMILES string of the molecule is Cc1ccc(NC(N)=O)cc1N(C)c1nnn[nH]1. The van der Waals surface area contributed by atoms with Gasteiger partial charge in [-0.15, -0.1) is 0 Å². The average Bonchev–Trinajstić information content (AvgIpc) is 2.83. The van der Waals surface area contributed by atoms with Crippen LogP contribution in [0.3, 0.4) is 0 Å². The summed E-state index contributed by atoms with van der Waals surface area (Å²) in [4.78, 5) is 12.6. The molecule has 94 valence electrons. The molecule has 1 heterocycles. The van der Waals surface area contributed by atoms with Crippen LogP contribution in [0.25, 0.3) is 0 Å². The smallest absolute Gasteiger partial charge is 0.316 e. The number of amides is 2. The van der Waals surface area contributed by atoms with Crippen molar-refractivity contribution in [2.45, 2.75) is 6.92 Å². The standard InChI is InChI=1S/C10H13N7O/c1-6-3-4-7(12-9(11)18)5-8(6)17(2)10-13-15-16-14-10/h3-5H,1-2H3,(H3,11,12,18)(H,13,14,15,16). The number of primary amides is 1. The normalized spacial score (nSPS) is 10.1. The van der Waals surface area contributed by atoms with Crippen LogP contribution >= 0.6 is 0 Å². The number of hydrogen-bond acceptors (Lipinski definition) is 5. The van der Waals surface area contributed by atoms with Gasteiger partial charge in [-0.25, -0.2) is 9.89 Å². The third-order valence-corrected chi connectivity index (χ3v) is 2.49. The molecule has 2 aromatic rings. The summed E-state index contributed by atoms with van der Waals surface area (Å²) >= 11 is 0. The van der Waals surface area contributed by atoms with Crippen molar-refractivity contribution in [2.24, 2.45) is 5.73 Å². The average molecular weight is 247 g/mol. The van der Waals surface area contributed by atoms with E-state index in [9.17, 15) is 4.79 Å². The van der Waals surface area contributed by atoms with Crippen molar-refractivity contribution in [1.29, 1.82) is 0 Å². The van der Waals surface area contributed by atoms with Crippen LogP contribution in [0.2, 0.25) is 0 Å². The number of aromatic amines is 1. The van der Waals surface area contributed by atoms with Gasteiger partial charge >= 0.3 is 6.03 Å². The quantitative estimate of drug-likeness (QED) is 0.741. The Labute approximate surface area is 103 Å². The van der Waals surface area contributed by atoms with Crippen molar-refractivity contribution in [3.63, 3.8) is 0 Å². The molecule has 0 atom stereocenters. The maximum absolute atomic E-state index is 10.8. The lowest BCUT2D eigenvalue weighted by molar-refractivity contribution is 0.259. The second-order valence-corrected chi connectivity index (χ2v) is 3.77. The van der Waals surface area contributed by atoms with Gasteiger partial charge in [0.1, 0.15) is 0 Å². The number of H-pyrrole nitrogens is 1. The second-order valence-electron chi connectivity index (χ2n) is 3.77. The van der Waals surface area contributed by atoms with Crippen LogP contribution in [0.15, 0.2) is 18.2 Å². The van der Waals surface area contributed by atoms with Crippen molar-refractivity contribution in [2.75, 3.05) is 17.3 Å². The van der Waals surface area contributed by atoms with E-state index in [-0.39, 0.29) is 0 Å². The van der Waals surface area contributed by atoms with Crippen molar-refractivity contribution >= 4 is 23.4 Å². The number of carbonyl (C=O) groups excluding carboxylic acids is 1. The zero-order valence-corrected chi connectivity index (χ0v) is 10.0. The van der Waals surface area contributed by atoms with Gasteiger partial charge in [0.2, 0.25) is 5.95 Å². The highest BCUT2D eigenvalue weighted by atomic mass is 16.2. The highest BCUT2D eigenvalue weighted by Crippen LogP contribution is 2.26. The molecule has 0 spiro atoms. The fourth-order valence-corrected chi connectivity index (χ4v) is 1.60. The van der Waals surface area contributed by atoms with Crippen molar-refractivity contribution < 1.29 is 4.79 Å². The predicted octanol–water partition coefficient (Wildman–Crippen LogP) is 0.767. The molecule has 8 heteroatoms. The van der Waals surface area contributed by atoms with Crippen LogP contribution in [0.1, 0.15) is 5.56 Å². The number of benzene rings is 1. The molecular formula is C10H13N7O. The van der Waals surface area contributed by atoms with E-state index in [0.29, 0.717) is 11.6 Å². The Kier molecular flexibility index (Phi) is 3.09. The second kappa shape index (κ2) is 4.70. The summed E-state index contributed by atoms with van der Waals surface area (Å²) in [6.07, 6.45) is 0. The van der Waals surface area contributed by atoms with E-state index in [0.717, 1.165) is 11.3 Å². The zero-order chi connectivity index (χ0) is 13.1. The first kappa shape index (κ1) is 11.8. The molecule has 2 rings (SSSR count). The van der Waals surface area contributed by atoms with Gasteiger partial charge in [0.25, 0.3) is 0 Å². The summed E-state index contributed by atoms with van der Waals surface area (Å²) in [5.74, 6) is 0.509. The molecule has 0 aliphatic carbocycles. The van der Waals surface area contributed by atoms with Crippen molar-refractivity contribution in [3.8, 4) is 0 Å². The molecule has 0 saturated heterocycles. The lowest BCUT2D eigenvalue weighted by Gasteiger charge is -2.18. The summed E-state index contributed by atoms with van der Waals surface area (Å²) in [5, 5.41) is 16.0. The Morgan fingerprint density at radius 2 is 2.28 bits per heavy atom. The van der Waals surface area contributed by atoms with Gasteiger partial charge < -0.3 is 16.0 Å². The number of rotatable bonds is 3. The fourth-order valence-electron chi connectivity index (χ4n) is 1.60. The Morgan fingerprint density at radius 1 is 1.50 bits per heavy atom. The summed E-state index contributed by atoms with van der Waals surface area (Å²) in [5.41, 5.74) is 7.57. The predicted molar refractivity (Wildman–Crippen MR) is 66.6 cm³/mol. The van der Waals surface area contributed by atoms with E-state index >= 15 is 0 Å². The van der Waals surface area contributed by atoms with Crippen LogP contribution < -0.4 is 16.0 Å². The number of hydrogen-bond donors (Lipinski definition) is 3. The minimum absolute atomic E-state index is 0.509. The maximum atomic E-state index is 10.8. The fraction of sp³-hybridized carbons (Fsp3) is 0.200. The highest BCUT2D eigenvalue weighted by molar-refractivity contribution is 5.88. The summed E-state index contributed by atoms with van der Waals surface area (Å²) in [6, 6.07) is 4.84. The summed E-state index contributed by atoms with van der Waals surface area (Å²) < 4.78 is 0. The van der Waals surface area contributed by atoms with E-state index < -0.39 is 6.03 Å². The van der Waals surface area contributed by atoms with E-state index in [1.165, 1.54) is 0 Å². The molecule has 8 nitrogen and oxygen atoms in total. The first-order valence-electron chi connectivity index (χ1n) is 5.22. The van der Waals surface area contributed by atoms with Crippen molar-refractivity contribution in [3.05, 3.63) is 23.8 Å². The number of aromatic nitrogens is 4. The van der Waals surface area contributed by atoms with Crippen LogP contribution in [-0.2, 0) is 0 Å². The van der Waals surface area contributed by atoms with E-state index in [1.54, 1.807) is 17.0 Å². The Morgan fingerprint density at radius 3 is 2.89 bits per heavy atom. The lowest BCUT2D eigenvalue weighted by atomic mass is 10.1. The number of anilines is 3. The third kappa shape index (κ3) is 2.37. The Bertz CT molecular complexity index is 551. The lowest BCUT2D eigenvalue weighted by Crippen LogP contribution is -2.20. The number of nitrogens with zero attached hydrogens (tertiary/aromatic N) is 4. The zero-order valence-electron chi connectivity index (χ0n) is 10.0. The molecule has 0 radical (unpaired) electrons. The molecule has 0 aliphatic heterocycles. The van der Waals surface area contributed by atoms with Gasteiger partial charge in [-0.3, -0.25) is 0 Å². The molecule has 0 bridgehead atoms. The van der Waals surface area contributed by atoms with Gasteiger partial charge in [-0.05, 0) is 35.0 Å². The van der Waals surface area contributed by atoms with Gasteiger partial charge in [0.05, 0.1) is 0 Å². The first-order chi connectivity index (χ1) is 8.58. The molecule has 0 aliphatic rings. The number of carbonyl (C=O) groups is 1. The summed E-state index contributed by atoms with van der Waals surface area (Å²) in [6.45, 7) is 1.95.